The average Bonchev–Trinajstić information content (AvgIpc) is 3.29. The Labute approximate surface area is 151 Å². The molecule has 7 nitrogen and oxygen atoms in total. The maximum atomic E-state index is 12.5. The van der Waals surface area contributed by atoms with Crippen LogP contribution < -0.4 is 5.56 Å². The molecule has 0 amide bonds. The fraction of sp³-hybridized carbons (Fsp3) is 0.0556. The van der Waals surface area contributed by atoms with E-state index in [1.807, 2.05) is 30.3 Å². The van der Waals surface area contributed by atoms with Crippen molar-refractivity contribution in [3.63, 3.8) is 0 Å². The van der Waals surface area contributed by atoms with Crippen molar-refractivity contribution in [1.29, 1.82) is 0 Å². The number of carboxylic acids is 1. The first-order chi connectivity index (χ1) is 12.6. The second-order valence-electron chi connectivity index (χ2n) is 5.68. The summed E-state index contributed by atoms with van der Waals surface area (Å²) >= 11 is 1.17. The highest BCUT2D eigenvalue weighted by molar-refractivity contribution is 7.17. The van der Waals surface area contributed by atoms with Gasteiger partial charge in [0.25, 0.3) is 5.56 Å². The van der Waals surface area contributed by atoms with Gasteiger partial charge in [0, 0.05) is 11.8 Å². The van der Waals surface area contributed by atoms with Crippen molar-refractivity contribution in [2.45, 2.75) is 6.54 Å². The van der Waals surface area contributed by atoms with Crippen molar-refractivity contribution in [2.75, 3.05) is 0 Å². The molecule has 0 saturated heterocycles. The normalized spacial score (nSPS) is 11.1. The number of benzene rings is 1. The molecule has 0 aliphatic heterocycles. The Bertz CT molecular complexity index is 1170. The van der Waals surface area contributed by atoms with Crippen LogP contribution in [0.15, 0.2) is 59.0 Å². The minimum atomic E-state index is -1.32. The van der Waals surface area contributed by atoms with Gasteiger partial charge < -0.3 is 10.2 Å². The first-order valence-electron chi connectivity index (χ1n) is 7.71. The zero-order valence-corrected chi connectivity index (χ0v) is 14.2. The number of carboxylic acid groups (broad SMARTS) is 1. The van der Waals surface area contributed by atoms with Crippen LogP contribution in [0.2, 0.25) is 0 Å². The number of para-hydroxylation sites is 1. The van der Waals surface area contributed by atoms with Crippen LogP contribution >= 0.6 is 11.3 Å². The first kappa shape index (κ1) is 16.1. The Balaban J connectivity index is 1.80. The number of aromatic nitrogens is 3. The van der Waals surface area contributed by atoms with Crippen molar-refractivity contribution in [2.24, 2.45) is 0 Å². The van der Waals surface area contributed by atoms with Crippen LogP contribution in [0, 0.1) is 0 Å². The van der Waals surface area contributed by atoms with Gasteiger partial charge >= 0.3 is 5.97 Å². The summed E-state index contributed by atoms with van der Waals surface area (Å²) in [6.07, 6.45) is 3.43. The maximum Gasteiger partial charge on any atom is 0.341 e. The molecule has 0 aliphatic carbocycles. The van der Waals surface area contributed by atoms with Gasteiger partial charge in [-0.1, -0.05) is 18.2 Å². The second kappa shape index (κ2) is 6.16. The highest BCUT2D eigenvalue weighted by Crippen LogP contribution is 2.29. The quantitative estimate of drug-likeness (QED) is 0.578. The summed E-state index contributed by atoms with van der Waals surface area (Å²) in [6, 6.07) is 11.2. The molecule has 4 rings (SSSR count). The van der Waals surface area contributed by atoms with Gasteiger partial charge in [-0.25, -0.2) is 9.48 Å². The van der Waals surface area contributed by atoms with Gasteiger partial charge in [0.1, 0.15) is 5.56 Å². The van der Waals surface area contributed by atoms with Crippen LogP contribution in [0.3, 0.4) is 0 Å². The van der Waals surface area contributed by atoms with Gasteiger partial charge in [-0.15, -0.1) is 11.3 Å². The van der Waals surface area contributed by atoms with E-state index in [1.54, 1.807) is 28.5 Å². The second-order valence-corrected chi connectivity index (χ2v) is 6.60. The molecule has 1 aromatic carbocycles. The van der Waals surface area contributed by atoms with E-state index in [2.05, 4.69) is 5.10 Å². The third-order valence-electron chi connectivity index (χ3n) is 4.06. The molecule has 0 radical (unpaired) electrons. The van der Waals surface area contributed by atoms with Gasteiger partial charge in [0.15, 0.2) is 5.75 Å². The van der Waals surface area contributed by atoms with E-state index >= 15 is 0 Å². The third kappa shape index (κ3) is 2.56. The minimum absolute atomic E-state index is 0.173. The largest absolute Gasteiger partial charge is 0.502 e. The molecule has 3 aromatic heterocycles. The molecular formula is C18H13N3O4S. The van der Waals surface area contributed by atoms with Crippen molar-refractivity contribution in [3.05, 3.63) is 75.7 Å². The summed E-state index contributed by atoms with van der Waals surface area (Å²) < 4.78 is 3.42. The summed E-state index contributed by atoms with van der Waals surface area (Å²) in [6.45, 7) is 0.173. The van der Waals surface area contributed by atoms with E-state index in [0.29, 0.717) is 10.2 Å². The lowest BCUT2D eigenvalue weighted by atomic mass is 10.2. The lowest BCUT2D eigenvalue weighted by Gasteiger charge is -2.09. The standard InChI is InChI=1S/C18H13N3O4S/c22-15-14(18(24)25)16-13(6-7-26-16)20(17(15)23)9-11-8-19-21(10-11)12-4-2-1-3-5-12/h1-8,10,22H,9H2,(H,24,25). The van der Waals surface area contributed by atoms with Gasteiger partial charge in [-0.3, -0.25) is 9.36 Å². The number of hydrogen-bond donors (Lipinski definition) is 2. The molecule has 130 valence electrons. The highest BCUT2D eigenvalue weighted by Gasteiger charge is 2.22. The molecule has 0 aliphatic rings. The lowest BCUT2D eigenvalue weighted by Crippen LogP contribution is -2.22. The number of fused-ring (bicyclic) bond motifs is 1. The van der Waals surface area contributed by atoms with Crippen LogP contribution in [-0.2, 0) is 6.54 Å². The Hall–Kier alpha value is -3.39. The zero-order chi connectivity index (χ0) is 18.3. The van der Waals surface area contributed by atoms with Crippen LogP contribution in [0.1, 0.15) is 15.9 Å². The number of nitrogens with zero attached hydrogens (tertiary/aromatic N) is 3. The van der Waals surface area contributed by atoms with Gasteiger partial charge in [-0.2, -0.15) is 5.10 Å². The predicted octanol–water partition coefficient (Wildman–Crippen LogP) is 2.70. The Morgan fingerprint density at radius 1 is 1.19 bits per heavy atom. The molecule has 0 unspecified atom stereocenters. The minimum Gasteiger partial charge on any atom is -0.502 e. The number of aromatic hydroxyl groups is 1. The maximum absolute atomic E-state index is 12.5. The monoisotopic (exact) mass is 367 g/mol. The molecule has 0 bridgehead atoms. The third-order valence-corrected chi connectivity index (χ3v) is 4.98. The average molecular weight is 367 g/mol. The van der Waals surface area contributed by atoms with E-state index in [9.17, 15) is 19.8 Å². The van der Waals surface area contributed by atoms with E-state index in [-0.39, 0.29) is 12.1 Å². The molecule has 2 N–H and O–H groups in total. The lowest BCUT2D eigenvalue weighted by molar-refractivity contribution is 0.0695. The molecule has 3 heterocycles. The Kier molecular flexibility index (Phi) is 3.81. The molecule has 0 fully saturated rings. The van der Waals surface area contributed by atoms with Crippen LogP contribution in [-0.4, -0.2) is 30.5 Å². The molecule has 0 saturated carbocycles. The number of thiophene rings is 1. The van der Waals surface area contributed by atoms with Gasteiger partial charge in [-0.05, 0) is 23.6 Å². The number of aromatic carboxylic acids is 1. The van der Waals surface area contributed by atoms with Crippen LogP contribution in [0.5, 0.6) is 5.75 Å². The molecule has 0 spiro atoms. The Morgan fingerprint density at radius 2 is 1.96 bits per heavy atom. The van der Waals surface area contributed by atoms with Crippen LogP contribution in [0.4, 0.5) is 0 Å². The van der Waals surface area contributed by atoms with Crippen molar-refractivity contribution >= 4 is 27.5 Å². The summed E-state index contributed by atoms with van der Waals surface area (Å²) in [5.41, 5.74) is 1.03. The SMILES string of the molecule is O=C(O)c1c(O)c(=O)n(Cc2cnn(-c3ccccc3)c2)c2ccsc12. The number of carbonyl (C=O) groups is 1. The van der Waals surface area contributed by atoms with Crippen molar-refractivity contribution in [1.82, 2.24) is 14.3 Å². The number of hydrogen-bond acceptors (Lipinski definition) is 5. The highest BCUT2D eigenvalue weighted by atomic mass is 32.1. The summed E-state index contributed by atoms with van der Waals surface area (Å²) in [5, 5.41) is 25.4. The molecule has 4 aromatic rings. The number of rotatable bonds is 4. The predicted molar refractivity (Wildman–Crippen MR) is 97.4 cm³/mol. The first-order valence-corrected chi connectivity index (χ1v) is 8.59. The van der Waals surface area contributed by atoms with Crippen molar-refractivity contribution in [3.8, 4) is 11.4 Å². The van der Waals surface area contributed by atoms with E-state index < -0.39 is 17.3 Å². The molecule has 8 heteroatoms. The number of pyridine rings is 1. The Morgan fingerprint density at radius 3 is 2.69 bits per heavy atom. The van der Waals surface area contributed by atoms with Gasteiger partial charge in [0.05, 0.1) is 28.6 Å². The molecular weight excluding hydrogens is 354 g/mol. The van der Waals surface area contributed by atoms with Gasteiger partial charge in [0.2, 0.25) is 0 Å². The van der Waals surface area contributed by atoms with Crippen LogP contribution in [0.25, 0.3) is 15.9 Å². The summed E-state index contributed by atoms with van der Waals surface area (Å²) in [7, 11) is 0. The molecule has 0 atom stereocenters. The van der Waals surface area contributed by atoms with Crippen molar-refractivity contribution < 1.29 is 15.0 Å². The molecule has 26 heavy (non-hydrogen) atoms. The topological polar surface area (TPSA) is 97.3 Å². The smallest absolute Gasteiger partial charge is 0.341 e. The van der Waals surface area contributed by atoms with E-state index in [4.69, 9.17) is 0 Å². The fourth-order valence-electron chi connectivity index (χ4n) is 2.86. The fourth-order valence-corrected chi connectivity index (χ4v) is 3.79. The zero-order valence-electron chi connectivity index (χ0n) is 13.4. The summed E-state index contributed by atoms with van der Waals surface area (Å²) in [5.74, 6) is -2.07. The summed E-state index contributed by atoms with van der Waals surface area (Å²) in [4.78, 5) is 23.9. The van der Waals surface area contributed by atoms with E-state index in [0.717, 1.165) is 11.3 Å². The van der Waals surface area contributed by atoms with E-state index in [1.165, 1.54) is 15.9 Å².